The van der Waals surface area contributed by atoms with Gasteiger partial charge in [0.1, 0.15) is 0 Å². The summed E-state index contributed by atoms with van der Waals surface area (Å²) in [6.07, 6.45) is 5.13. The van der Waals surface area contributed by atoms with E-state index in [0.29, 0.717) is 77.0 Å². The lowest BCUT2D eigenvalue weighted by Crippen LogP contribution is -2.36. The van der Waals surface area contributed by atoms with E-state index in [1.165, 1.54) is 0 Å². The van der Waals surface area contributed by atoms with Crippen LogP contribution in [0.5, 0.6) is 0 Å². The van der Waals surface area contributed by atoms with Gasteiger partial charge in [-0.1, -0.05) is 13.8 Å². The van der Waals surface area contributed by atoms with Crippen molar-refractivity contribution in [3.05, 3.63) is 0 Å². The first-order valence-corrected chi connectivity index (χ1v) is 16.0. The molecule has 6 N–H and O–H groups in total. The zero-order chi connectivity index (χ0) is 33.7. The van der Waals surface area contributed by atoms with E-state index in [4.69, 9.17) is 0 Å². The number of carboxylic acid groups (broad SMARTS) is 6. The standard InChI is InChI=1S/C32H54O12/c1-21(9-3-15-27(33)34)23(11-5-17-29(37)38)25(13-7-19-31(41)42)26(14-8-20-32(43)44)24(12-6-18-30(39)40)22(2)10-4-16-28(35)36/h21-26H,3-20H2,1-2H3,(H,33,34)(H,35,36)(H,37,38)(H,39,40)(H,41,42)(H,43,44). The van der Waals surface area contributed by atoms with Crippen molar-refractivity contribution >= 4 is 35.8 Å². The molecule has 0 bridgehead atoms. The molecule has 0 heterocycles. The molecule has 0 saturated heterocycles. The van der Waals surface area contributed by atoms with E-state index in [9.17, 15) is 59.4 Å². The Hall–Kier alpha value is -3.18. The minimum absolute atomic E-state index is 0.0175. The Morgan fingerprint density at radius 1 is 0.341 bits per heavy atom. The number of carboxylic acids is 6. The van der Waals surface area contributed by atoms with Crippen molar-refractivity contribution in [1.82, 2.24) is 0 Å². The summed E-state index contributed by atoms with van der Waals surface area (Å²) in [5.74, 6) is -6.17. The first-order chi connectivity index (χ1) is 20.6. The summed E-state index contributed by atoms with van der Waals surface area (Å²) in [5.41, 5.74) is 0. The van der Waals surface area contributed by atoms with Crippen LogP contribution in [-0.2, 0) is 28.8 Å². The van der Waals surface area contributed by atoms with E-state index in [0.717, 1.165) is 0 Å². The van der Waals surface area contributed by atoms with E-state index in [-0.39, 0.29) is 74.0 Å². The average molecular weight is 631 g/mol. The summed E-state index contributed by atoms with van der Waals surface area (Å²) in [4.78, 5) is 68.2. The quantitative estimate of drug-likeness (QED) is 0.0539. The van der Waals surface area contributed by atoms with Crippen molar-refractivity contribution in [3.63, 3.8) is 0 Å². The van der Waals surface area contributed by atoms with Crippen molar-refractivity contribution in [1.29, 1.82) is 0 Å². The second kappa shape index (κ2) is 23.2. The molecule has 0 aliphatic rings. The normalized spacial score (nSPS) is 15.4. The topological polar surface area (TPSA) is 224 Å². The Labute approximate surface area is 260 Å². The Bertz CT molecular complexity index is 830. The van der Waals surface area contributed by atoms with Crippen LogP contribution in [-0.4, -0.2) is 66.5 Å². The van der Waals surface area contributed by atoms with Gasteiger partial charge in [0.2, 0.25) is 0 Å². The molecule has 0 fully saturated rings. The van der Waals surface area contributed by atoms with Gasteiger partial charge in [-0.05, 0) is 113 Å². The molecular formula is C32H54O12. The van der Waals surface area contributed by atoms with E-state index < -0.39 is 35.8 Å². The van der Waals surface area contributed by atoms with Crippen molar-refractivity contribution in [2.75, 3.05) is 0 Å². The Morgan fingerprint density at radius 2 is 0.523 bits per heavy atom. The van der Waals surface area contributed by atoms with Gasteiger partial charge >= 0.3 is 35.8 Å². The van der Waals surface area contributed by atoms with Gasteiger partial charge in [0.15, 0.2) is 0 Å². The predicted molar refractivity (Wildman–Crippen MR) is 161 cm³/mol. The molecule has 6 unspecified atom stereocenters. The summed E-state index contributed by atoms with van der Waals surface area (Å²) in [7, 11) is 0. The largest absolute Gasteiger partial charge is 0.481 e. The molecule has 0 radical (unpaired) electrons. The first kappa shape index (κ1) is 40.8. The maximum Gasteiger partial charge on any atom is 0.303 e. The van der Waals surface area contributed by atoms with E-state index >= 15 is 0 Å². The minimum atomic E-state index is -0.955. The SMILES string of the molecule is CC(CCCC(=O)O)C(CCCC(=O)O)C(CCCC(=O)O)C(CCCC(=O)O)C(CCCC(=O)O)C(C)CCCC(=O)O. The Kier molecular flexibility index (Phi) is 21.6. The fraction of sp³-hybridized carbons (Fsp3) is 0.812. The maximum atomic E-state index is 11.5. The smallest absolute Gasteiger partial charge is 0.303 e. The van der Waals surface area contributed by atoms with Crippen LogP contribution in [0.4, 0.5) is 0 Å². The molecule has 0 aliphatic carbocycles. The predicted octanol–water partition coefficient (Wildman–Crippen LogP) is 6.25. The van der Waals surface area contributed by atoms with E-state index in [2.05, 4.69) is 0 Å². The molecule has 0 aliphatic heterocycles. The van der Waals surface area contributed by atoms with Crippen LogP contribution in [0.15, 0.2) is 0 Å². The number of aliphatic carboxylic acids is 6. The van der Waals surface area contributed by atoms with E-state index in [1.807, 2.05) is 13.8 Å². The van der Waals surface area contributed by atoms with Gasteiger partial charge in [0.25, 0.3) is 0 Å². The minimum Gasteiger partial charge on any atom is -0.481 e. The lowest BCUT2D eigenvalue weighted by Gasteiger charge is -2.43. The summed E-state index contributed by atoms with van der Waals surface area (Å²) < 4.78 is 0. The van der Waals surface area contributed by atoms with Gasteiger partial charge in [-0.3, -0.25) is 28.8 Å². The van der Waals surface area contributed by atoms with Gasteiger partial charge in [0.05, 0.1) is 0 Å². The highest BCUT2D eigenvalue weighted by Gasteiger charge is 2.38. The van der Waals surface area contributed by atoms with Crippen molar-refractivity contribution in [2.45, 2.75) is 129 Å². The van der Waals surface area contributed by atoms with Gasteiger partial charge in [-0.15, -0.1) is 0 Å². The second-order valence-electron chi connectivity index (χ2n) is 12.3. The summed E-state index contributed by atoms with van der Waals surface area (Å²) in [6, 6.07) is 0. The van der Waals surface area contributed by atoms with Crippen molar-refractivity contribution in [3.8, 4) is 0 Å². The summed E-state index contributed by atoms with van der Waals surface area (Å²) in [6.45, 7) is 4.00. The molecule has 12 heteroatoms. The number of rotatable bonds is 29. The number of carbonyl (C=O) groups is 6. The number of hydrogen-bond donors (Lipinski definition) is 6. The number of hydrogen-bond acceptors (Lipinski definition) is 6. The molecule has 0 amide bonds. The Morgan fingerprint density at radius 3 is 0.727 bits per heavy atom. The third-order valence-corrected chi connectivity index (χ3v) is 8.92. The van der Waals surface area contributed by atoms with Gasteiger partial charge in [-0.25, -0.2) is 0 Å². The van der Waals surface area contributed by atoms with Crippen LogP contribution in [0.3, 0.4) is 0 Å². The fourth-order valence-corrected chi connectivity index (χ4v) is 6.87. The summed E-state index contributed by atoms with van der Waals surface area (Å²) >= 11 is 0. The molecule has 0 spiro atoms. The molecule has 0 aromatic rings. The first-order valence-electron chi connectivity index (χ1n) is 16.0. The maximum absolute atomic E-state index is 11.5. The van der Waals surface area contributed by atoms with Crippen molar-refractivity contribution < 1.29 is 59.4 Å². The molecule has 0 aromatic heterocycles. The molecule has 254 valence electrons. The van der Waals surface area contributed by atoms with Crippen LogP contribution in [0, 0.1) is 35.5 Å². The third kappa shape index (κ3) is 19.9. The van der Waals surface area contributed by atoms with Gasteiger partial charge in [-0.2, -0.15) is 0 Å². The van der Waals surface area contributed by atoms with Crippen LogP contribution in [0.1, 0.15) is 129 Å². The fourth-order valence-electron chi connectivity index (χ4n) is 6.87. The molecule has 0 aromatic carbocycles. The second-order valence-corrected chi connectivity index (χ2v) is 12.3. The average Bonchev–Trinajstić information content (AvgIpc) is 2.89. The molecule has 0 saturated carbocycles. The molecular weight excluding hydrogens is 576 g/mol. The molecule has 12 nitrogen and oxygen atoms in total. The molecule has 6 atom stereocenters. The molecule has 44 heavy (non-hydrogen) atoms. The zero-order valence-corrected chi connectivity index (χ0v) is 26.3. The summed E-state index contributed by atoms with van der Waals surface area (Å²) in [5, 5.41) is 55.9. The van der Waals surface area contributed by atoms with Crippen LogP contribution >= 0.6 is 0 Å². The van der Waals surface area contributed by atoms with Crippen LogP contribution in [0.25, 0.3) is 0 Å². The van der Waals surface area contributed by atoms with Gasteiger partial charge in [0, 0.05) is 38.5 Å². The highest BCUT2D eigenvalue weighted by atomic mass is 16.4. The third-order valence-electron chi connectivity index (χ3n) is 8.92. The lowest BCUT2D eigenvalue weighted by molar-refractivity contribution is -0.138. The van der Waals surface area contributed by atoms with Crippen molar-refractivity contribution in [2.24, 2.45) is 35.5 Å². The highest BCUT2D eigenvalue weighted by molar-refractivity contribution is 5.68. The highest BCUT2D eigenvalue weighted by Crippen LogP contribution is 2.46. The van der Waals surface area contributed by atoms with E-state index in [1.54, 1.807) is 0 Å². The monoisotopic (exact) mass is 630 g/mol. The molecule has 0 rings (SSSR count). The Balaban J connectivity index is 6.74. The lowest BCUT2D eigenvalue weighted by atomic mass is 9.62. The van der Waals surface area contributed by atoms with Gasteiger partial charge < -0.3 is 30.6 Å². The zero-order valence-electron chi connectivity index (χ0n) is 26.3. The van der Waals surface area contributed by atoms with Crippen LogP contribution < -0.4 is 0 Å². The van der Waals surface area contributed by atoms with Crippen LogP contribution in [0.2, 0.25) is 0 Å².